The lowest BCUT2D eigenvalue weighted by Crippen LogP contribution is -2.43. The zero-order chi connectivity index (χ0) is 27.5. The average Bonchev–Trinajstić information content (AvgIpc) is 3.33. The number of ketones is 1. The van der Waals surface area contributed by atoms with Gasteiger partial charge in [0.1, 0.15) is 11.6 Å². The van der Waals surface area contributed by atoms with Crippen LogP contribution in [0.25, 0.3) is 0 Å². The van der Waals surface area contributed by atoms with E-state index in [9.17, 15) is 27.2 Å². The van der Waals surface area contributed by atoms with Gasteiger partial charge in [0, 0.05) is 49.5 Å². The summed E-state index contributed by atoms with van der Waals surface area (Å²) in [5, 5.41) is 5.06. The van der Waals surface area contributed by atoms with Crippen LogP contribution in [-0.4, -0.2) is 34.9 Å². The second kappa shape index (κ2) is 10.7. The van der Waals surface area contributed by atoms with Gasteiger partial charge in [-0.3, -0.25) is 19.6 Å². The Morgan fingerprint density at radius 1 is 1.16 bits per heavy atom. The number of hydrogen-bond donors (Lipinski definition) is 3. The van der Waals surface area contributed by atoms with E-state index in [1.807, 2.05) is 0 Å². The Labute approximate surface area is 215 Å². The third-order valence-corrected chi connectivity index (χ3v) is 6.25. The number of para-hydroxylation sites is 1. The maximum Gasteiger partial charge on any atom is 0.272 e. The molecule has 200 valence electrons. The molecule has 4 rings (SSSR count). The number of nitrogens with two attached hydrogens (primary N) is 1. The Bertz CT molecular complexity index is 1360. The van der Waals surface area contributed by atoms with E-state index >= 15 is 0 Å². The van der Waals surface area contributed by atoms with Gasteiger partial charge < -0.3 is 21.1 Å². The molecule has 1 aromatic carbocycles. The second-order valence-electron chi connectivity index (χ2n) is 9.20. The van der Waals surface area contributed by atoms with Crippen LogP contribution in [-0.2, 0) is 22.0 Å². The summed E-state index contributed by atoms with van der Waals surface area (Å²) in [6.45, 7) is 0.599. The Kier molecular flexibility index (Phi) is 7.63. The van der Waals surface area contributed by atoms with E-state index < -0.39 is 40.1 Å². The fourth-order valence-electron chi connectivity index (χ4n) is 4.20. The van der Waals surface area contributed by atoms with Crippen molar-refractivity contribution in [1.29, 1.82) is 0 Å². The molecule has 0 unspecified atom stereocenters. The third-order valence-electron chi connectivity index (χ3n) is 6.25. The third kappa shape index (κ3) is 5.91. The van der Waals surface area contributed by atoms with Crippen molar-refractivity contribution < 1.29 is 31.9 Å². The van der Waals surface area contributed by atoms with E-state index in [0.29, 0.717) is 12.6 Å². The Morgan fingerprint density at radius 3 is 2.61 bits per heavy atom. The predicted molar refractivity (Wildman–Crippen MR) is 131 cm³/mol. The minimum absolute atomic E-state index is 0.00607. The molecule has 1 aliphatic rings. The topological polar surface area (TPSA) is 119 Å². The first-order valence-electron chi connectivity index (χ1n) is 11.7. The number of carbonyl (C=O) groups excluding carboxylic acids is 2. The second-order valence-corrected chi connectivity index (χ2v) is 9.20. The van der Waals surface area contributed by atoms with Crippen LogP contribution in [0.2, 0.25) is 0 Å². The first kappa shape index (κ1) is 27.0. The number of rotatable bonds is 9. The average molecular weight is 532 g/mol. The molecule has 38 heavy (non-hydrogen) atoms. The summed E-state index contributed by atoms with van der Waals surface area (Å²) in [5.41, 5.74) is 3.82. The molecule has 1 fully saturated rings. The monoisotopic (exact) mass is 531 g/mol. The van der Waals surface area contributed by atoms with Crippen molar-refractivity contribution in [2.75, 3.05) is 24.3 Å². The van der Waals surface area contributed by atoms with E-state index in [1.165, 1.54) is 18.5 Å². The number of nitrogens with one attached hydrogen (secondary N) is 2. The molecule has 4 N–H and O–H groups in total. The molecule has 2 aromatic heterocycles. The zero-order valence-corrected chi connectivity index (χ0v) is 20.4. The molecular formula is C26H25F4N5O3. The number of benzene rings is 1. The highest BCUT2D eigenvalue weighted by molar-refractivity contribution is 6.00. The Hall–Kier alpha value is -4.06. The van der Waals surface area contributed by atoms with Gasteiger partial charge in [-0.15, -0.1) is 0 Å². The molecule has 1 amide bonds. The van der Waals surface area contributed by atoms with E-state index in [-0.39, 0.29) is 55.3 Å². The van der Waals surface area contributed by atoms with Gasteiger partial charge in [-0.2, -0.15) is 0 Å². The number of hydrogen-bond acceptors (Lipinski definition) is 7. The molecule has 0 bridgehead atoms. The maximum atomic E-state index is 14.8. The number of pyridine rings is 2. The lowest BCUT2D eigenvalue weighted by Gasteiger charge is -2.25. The molecule has 1 atom stereocenters. The van der Waals surface area contributed by atoms with Crippen molar-refractivity contribution in [3.05, 3.63) is 77.4 Å². The number of Topliss-reactive ketones (excluding diaryl/α,β-unsaturated/α-hetero) is 1. The molecule has 12 heteroatoms. The number of nitrogen functional groups attached to an aromatic ring is 1. The van der Waals surface area contributed by atoms with Crippen molar-refractivity contribution >= 4 is 28.8 Å². The van der Waals surface area contributed by atoms with Crippen molar-refractivity contribution in [1.82, 2.24) is 15.3 Å². The normalized spacial score (nSPS) is 17.3. The van der Waals surface area contributed by atoms with Crippen molar-refractivity contribution in [3.63, 3.8) is 0 Å². The molecule has 3 aromatic rings. The molecule has 1 saturated heterocycles. The summed E-state index contributed by atoms with van der Waals surface area (Å²) in [4.78, 5) is 33.8. The molecule has 3 heterocycles. The molecule has 1 aliphatic heterocycles. The molecular weight excluding hydrogens is 506 g/mol. The Morgan fingerprint density at radius 2 is 1.95 bits per heavy atom. The highest BCUT2D eigenvalue weighted by Gasteiger charge is 2.44. The van der Waals surface area contributed by atoms with Crippen LogP contribution < -0.4 is 16.4 Å². The lowest BCUT2D eigenvalue weighted by atomic mass is 9.80. The van der Waals surface area contributed by atoms with Crippen LogP contribution in [0.15, 0.2) is 48.9 Å². The highest BCUT2D eigenvalue weighted by atomic mass is 19.3. The van der Waals surface area contributed by atoms with Crippen LogP contribution in [0.4, 0.5) is 34.6 Å². The standard InChI is InChI=1S/C26H25F4N5O3/c1-25(29,30)18-3-2-4-19(27)23(18)35-17-8-20(28)21(33-12-17)13-34-24(37)26(5-6-38-14-26)9-22(36)15-7-16(31)11-32-10-15/h2-4,7-8,10-12,35H,5-6,9,13-14,31H2,1H3,(H,34,37)/t26-/m0/s1. The first-order valence-corrected chi connectivity index (χ1v) is 11.7. The number of aromatic nitrogens is 2. The number of amides is 1. The van der Waals surface area contributed by atoms with E-state index in [2.05, 4.69) is 20.6 Å². The highest BCUT2D eigenvalue weighted by Crippen LogP contribution is 2.36. The quantitative estimate of drug-likeness (QED) is 0.275. The summed E-state index contributed by atoms with van der Waals surface area (Å²) in [6.07, 6.45) is 4.02. The van der Waals surface area contributed by atoms with Crippen LogP contribution in [0.3, 0.4) is 0 Å². The summed E-state index contributed by atoms with van der Waals surface area (Å²) < 4.78 is 62.2. The minimum atomic E-state index is -3.34. The van der Waals surface area contributed by atoms with Gasteiger partial charge in [0.15, 0.2) is 5.78 Å². The van der Waals surface area contributed by atoms with E-state index in [1.54, 1.807) is 0 Å². The fourth-order valence-corrected chi connectivity index (χ4v) is 4.20. The number of halogens is 4. The Balaban J connectivity index is 1.45. The molecule has 0 radical (unpaired) electrons. The van der Waals surface area contributed by atoms with Crippen LogP contribution >= 0.6 is 0 Å². The summed E-state index contributed by atoms with van der Waals surface area (Å²) in [6, 6.07) is 5.65. The number of anilines is 3. The largest absolute Gasteiger partial charge is 0.397 e. The van der Waals surface area contributed by atoms with Gasteiger partial charge in [-0.05, 0) is 18.6 Å². The zero-order valence-electron chi connectivity index (χ0n) is 20.4. The SMILES string of the molecule is CC(F)(F)c1cccc(F)c1Nc1cnc(CNC(=O)[C@]2(CC(=O)c3cncc(N)c3)CCOC2)c(F)c1. The fraction of sp³-hybridized carbons (Fsp3) is 0.308. The predicted octanol–water partition coefficient (Wildman–Crippen LogP) is 4.49. The van der Waals surface area contributed by atoms with Gasteiger partial charge >= 0.3 is 0 Å². The molecule has 0 aliphatic carbocycles. The summed E-state index contributed by atoms with van der Waals surface area (Å²) in [5.74, 6) is -5.98. The van der Waals surface area contributed by atoms with Crippen LogP contribution in [0, 0.1) is 17.0 Å². The first-order chi connectivity index (χ1) is 18.0. The van der Waals surface area contributed by atoms with Gasteiger partial charge in [0.2, 0.25) is 5.91 Å². The molecule has 0 saturated carbocycles. The van der Waals surface area contributed by atoms with Crippen LogP contribution in [0.5, 0.6) is 0 Å². The summed E-state index contributed by atoms with van der Waals surface area (Å²) >= 11 is 0. The van der Waals surface area contributed by atoms with E-state index in [4.69, 9.17) is 10.5 Å². The van der Waals surface area contributed by atoms with Gasteiger partial charge in [-0.25, -0.2) is 17.6 Å². The lowest BCUT2D eigenvalue weighted by molar-refractivity contribution is -0.131. The minimum Gasteiger partial charge on any atom is -0.397 e. The number of alkyl halides is 2. The van der Waals surface area contributed by atoms with Crippen molar-refractivity contribution in [3.8, 4) is 0 Å². The molecule has 8 nitrogen and oxygen atoms in total. The maximum absolute atomic E-state index is 14.8. The van der Waals surface area contributed by atoms with Gasteiger partial charge in [0.05, 0.1) is 47.5 Å². The smallest absolute Gasteiger partial charge is 0.272 e. The van der Waals surface area contributed by atoms with Gasteiger partial charge in [-0.1, -0.05) is 12.1 Å². The van der Waals surface area contributed by atoms with Crippen LogP contribution in [0.1, 0.15) is 41.4 Å². The summed E-state index contributed by atoms with van der Waals surface area (Å²) in [7, 11) is 0. The van der Waals surface area contributed by atoms with Crippen molar-refractivity contribution in [2.24, 2.45) is 5.41 Å². The number of nitrogens with zero attached hydrogens (tertiary/aromatic N) is 2. The van der Waals surface area contributed by atoms with Gasteiger partial charge in [0.25, 0.3) is 5.92 Å². The van der Waals surface area contributed by atoms with Crippen molar-refractivity contribution in [2.45, 2.75) is 32.2 Å². The van der Waals surface area contributed by atoms with E-state index in [0.717, 1.165) is 30.5 Å². The number of carbonyl (C=O) groups is 2. The molecule has 0 spiro atoms. The number of ether oxygens (including phenoxy) is 1.